The molecule has 22 heavy (non-hydrogen) atoms. The Balaban J connectivity index is 1.81. The van der Waals surface area contributed by atoms with Crippen molar-refractivity contribution >= 4 is 17.6 Å². The Labute approximate surface area is 130 Å². The monoisotopic (exact) mass is 305 g/mol. The quantitative estimate of drug-likeness (QED) is 0.894. The van der Waals surface area contributed by atoms with Crippen LogP contribution in [-0.4, -0.2) is 48.7 Å². The van der Waals surface area contributed by atoms with Gasteiger partial charge in [0.05, 0.1) is 25.3 Å². The maximum Gasteiger partial charge on any atom is 0.319 e. The number of urea groups is 1. The van der Waals surface area contributed by atoms with Gasteiger partial charge >= 0.3 is 6.03 Å². The summed E-state index contributed by atoms with van der Waals surface area (Å²) in [5.41, 5.74) is 1.77. The molecule has 0 spiro atoms. The number of hydrogen-bond donors (Lipinski definition) is 2. The first-order chi connectivity index (χ1) is 10.5. The average Bonchev–Trinajstić information content (AvgIpc) is 2.47. The fourth-order valence-electron chi connectivity index (χ4n) is 2.41. The highest BCUT2D eigenvalue weighted by molar-refractivity contribution is 5.92. The molecule has 1 aliphatic rings. The maximum absolute atomic E-state index is 12.2. The second-order valence-electron chi connectivity index (χ2n) is 5.72. The molecule has 0 saturated carbocycles. The Hall–Kier alpha value is -2.08. The number of rotatable bonds is 3. The minimum Gasteiger partial charge on any atom is -0.375 e. The van der Waals surface area contributed by atoms with Crippen molar-refractivity contribution in [2.75, 3.05) is 25.0 Å². The fourth-order valence-corrected chi connectivity index (χ4v) is 2.41. The van der Waals surface area contributed by atoms with Gasteiger partial charge in [-0.2, -0.15) is 0 Å². The molecule has 6 nitrogen and oxygen atoms in total. The van der Waals surface area contributed by atoms with Gasteiger partial charge < -0.3 is 20.3 Å². The summed E-state index contributed by atoms with van der Waals surface area (Å²) in [7, 11) is 0. The molecule has 3 amide bonds. The number of morpholine rings is 1. The third kappa shape index (κ3) is 4.46. The number of benzene rings is 1. The van der Waals surface area contributed by atoms with E-state index in [-0.39, 0.29) is 30.6 Å². The summed E-state index contributed by atoms with van der Waals surface area (Å²) in [5.74, 6) is -0.0953. The second-order valence-corrected chi connectivity index (χ2v) is 5.72. The van der Waals surface area contributed by atoms with Crippen LogP contribution in [0.1, 0.15) is 19.4 Å². The van der Waals surface area contributed by atoms with E-state index >= 15 is 0 Å². The largest absolute Gasteiger partial charge is 0.375 e. The Bertz CT molecular complexity index is 547. The number of nitrogens with zero attached hydrogens (tertiary/aromatic N) is 1. The normalized spacial score (nSPS) is 21.3. The van der Waals surface area contributed by atoms with E-state index in [1.165, 1.54) is 0 Å². The lowest BCUT2D eigenvalue weighted by atomic mass is 10.2. The summed E-state index contributed by atoms with van der Waals surface area (Å²) >= 11 is 0. The Morgan fingerprint density at radius 3 is 2.86 bits per heavy atom. The van der Waals surface area contributed by atoms with Gasteiger partial charge in [0.1, 0.15) is 0 Å². The molecule has 1 heterocycles. The van der Waals surface area contributed by atoms with Crippen molar-refractivity contribution in [2.24, 2.45) is 0 Å². The lowest BCUT2D eigenvalue weighted by Gasteiger charge is -2.36. The van der Waals surface area contributed by atoms with E-state index in [0.29, 0.717) is 18.8 Å². The van der Waals surface area contributed by atoms with E-state index in [2.05, 4.69) is 10.6 Å². The van der Waals surface area contributed by atoms with Crippen LogP contribution in [0.2, 0.25) is 0 Å². The molecule has 2 atom stereocenters. The molecule has 6 heteroatoms. The van der Waals surface area contributed by atoms with Crippen molar-refractivity contribution < 1.29 is 14.3 Å². The molecule has 2 N–H and O–H groups in total. The van der Waals surface area contributed by atoms with Gasteiger partial charge in [-0.1, -0.05) is 12.1 Å². The Kier molecular flexibility index (Phi) is 5.38. The molecule has 1 saturated heterocycles. The number of carbonyl (C=O) groups is 2. The third-order valence-corrected chi connectivity index (χ3v) is 3.60. The number of aryl methyl sites for hydroxylation is 1. The summed E-state index contributed by atoms with van der Waals surface area (Å²) in [6.07, 6.45) is 0.0290. The molecule has 2 unspecified atom stereocenters. The minimum absolute atomic E-state index is 0.0191. The molecule has 1 aliphatic heterocycles. The van der Waals surface area contributed by atoms with Gasteiger partial charge in [-0.3, -0.25) is 4.79 Å². The third-order valence-electron chi connectivity index (χ3n) is 3.60. The first kappa shape index (κ1) is 16.3. The molecule has 1 aromatic rings. The first-order valence-electron chi connectivity index (χ1n) is 7.48. The van der Waals surface area contributed by atoms with Crippen molar-refractivity contribution in [3.8, 4) is 0 Å². The van der Waals surface area contributed by atoms with Crippen LogP contribution in [-0.2, 0) is 9.53 Å². The molecule has 120 valence electrons. The van der Waals surface area contributed by atoms with Crippen LogP contribution >= 0.6 is 0 Å². The van der Waals surface area contributed by atoms with E-state index in [0.717, 1.165) is 5.56 Å². The summed E-state index contributed by atoms with van der Waals surface area (Å²) in [6.45, 7) is 6.90. The number of anilines is 1. The zero-order valence-electron chi connectivity index (χ0n) is 13.3. The molecule has 1 fully saturated rings. The first-order valence-corrected chi connectivity index (χ1v) is 7.48. The predicted molar refractivity (Wildman–Crippen MR) is 84.8 cm³/mol. The van der Waals surface area contributed by atoms with Crippen LogP contribution in [0.25, 0.3) is 0 Å². The molecule has 0 radical (unpaired) electrons. The summed E-state index contributed by atoms with van der Waals surface area (Å²) in [4.78, 5) is 25.8. The van der Waals surface area contributed by atoms with E-state index in [9.17, 15) is 9.59 Å². The van der Waals surface area contributed by atoms with Crippen molar-refractivity contribution in [1.29, 1.82) is 0 Å². The molecular weight excluding hydrogens is 282 g/mol. The highest BCUT2D eigenvalue weighted by Gasteiger charge is 2.27. The maximum atomic E-state index is 12.2. The highest BCUT2D eigenvalue weighted by atomic mass is 16.5. The predicted octanol–water partition coefficient (Wildman–Crippen LogP) is 1.75. The van der Waals surface area contributed by atoms with Gasteiger partial charge in [-0.05, 0) is 38.5 Å². The van der Waals surface area contributed by atoms with E-state index in [4.69, 9.17) is 4.74 Å². The lowest BCUT2D eigenvalue weighted by molar-refractivity contribution is -0.142. The second kappa shape index (κ2) is 7.26. The van der Waals surface area contributed by atoms with Gasteiger partial charge in [0, 0.05) is 12.2 Å². The number of amides is 3. The molecule has 2 rings (SSSR count). The Morgan fingerprint density at radius 1 is 1.36 bits per heavy atom. The summed E-state index contributed by atoms with van der Waals surface area (Å²) < 4.78 is 5.49. The van der Waals surface area contributed by atoms with Gasteiger partial charge in [-0.25, -0.2) is 4.79 Å². The highest BCUT2D eigenvalue weighted by Crippen LogP contribution is 2.11. The number of carbonyl (C=O) groups excluding carboxylic acids is 2. The van der Waals surface area contributed by atoms with E-state index in [1.54, 1.807) is 11.0 Å². The zero-order valence-corrected chi connectivity index (χ0v) is 13.3. The topological polar surface area (TPSA) is 70.7 Å². The summed E-state index contributed by atoms with van der Waals surface area (Å²) in [6, 6.07) is 7.14. The number of ether oxygens (including phenoxy) is 1. The van der Waals surface area contributed by atoms with Crippen molar-refractivity contribution in [3.05, 3.63) is 29.8 Å². The van der Waals surface area contributed by atoms with E-state index in [1.807, 2.05) is 39.0 Å². The fraction of sp³-hybridized carbons (Fsp3) is 0.500. The standard InChI is InChI=1S/C16H23N3O3/c1-11-5-4-6-14(7-11)18-16(21)17-8-15(20)19-9-13(3)22-10-12(19)2/h4-7,12-13H,8-10H2,1-3H3,(H2,17,18,21). The Morgan fingerprint density at radius 2 is 2.14 bits per heavy atom. The van der Waals surface area contributed by atoms with E-state index < -0.39 is 0 Å². The molecule has 0 aliphatic carbocycles. The SMILES string of the molecule is Cc1cccc(NC(=O)NCC(=O)N2CC(C)OCC2C)c1. The van der Waals surface area contributed by atoms with Gasteiger partial charge in [0.2, 0.25) is 5.91 Å². The molecule has 1 aromatic carbocycles. The number of hydrogen-bond acceptors (Lipinski definition) is 3. The van der Waals surface area contributed by atoms with Gasteiger partial charge in [0.25, 0.3) is 0 Å². The van der Waals surface area contributed by atoms with Crippen molar-refractivity contribution in [3.63, 3.8) is 0 Å². The van der Waals surface area contributed by atoms with Crippen molar-refractivity contribution in [1.82, 2.24) is 10.2 Å². The molecule has 0 bridgehead atoms. The molecular formula is C16H23N3O3. The average molecular weight is 305 g/mol. The van der Waals surface area contributed by atoms with Crippen LogP contribution in [0.3, 0.4) is 0 Å². The lowest BCUT2D eigenvalue weighted by Crippen LogP contribution is -2.53. The minimum atomic E-state index is -0.382. The van der Waals surface area contributed by atoms with Crippen LogP contribution in [0, 0.1) is 6.92 Å². The number of nitrogens with one attached hydrogen (secondary N) is 2. The van der Waals surface area contributed by atoms with Gasteiger partial charge in [0.15, 0.2) is 0 Å². The van der Waals surface area contributed by atoms with Crippen molar-refractivity contribution in [2.45, 2.75) is 32.9 Å². The summed E-state index contributed by atoms with van der Waals surface area (Å²) in [5, 5.41) is 5.32. The van der Waals surface area contributed by atoms with Gasteiger partial charge in [-0.15, -0.1) is 0 Å². The smallest absolute Gasteiger partial charge is 0.319 e. The zero-order chi connectivity index (χ0) is 16.1. The van der Waals surface area contributed by atoms with Crippen LogP contribution in [0.4, 0.5) is 10.5 Å². The molecule has 0 aromatic heterocycles. The van der Waals surface area contributed by atoms with Crippen LogP contribution in [0.15, 0.2) is 24.3 Å². The van der Waals surface area contributed by atoms with Crippen LogP contribution in [0.5, 0.6) is 0 Å². The van der Waals surface area contributed by atoms with Crippen LogP contribution < -0.4 is 10.6 Å².